The van der Waals surface area contributed by atoms with Gasteiger partial charge in [0.05, 0.1) is 10.7 Å². The van der Waals surface area contributed by atoms with Crippen molar-refractivity contribution in [1.29, 1.82) is 0 Å². The molecule has 0 unspecified atom stereocenters. The molecule has 0 saturated heterocycles. The van der Waals surface area contributed by atoms with Crippen LogP contribution in [0.25, 0.3) is 0 Å². The Kier molecular flexibility index (Phi) is 4.32. The van der Waals surface area contributed by atoms with Crippen LogP contribution >= 0.6 is 11.6 Å². The molecule has 1 aromatic heterocycles. The van der Waals surface area contributed by atoms with E-state index < -0.39 is 10.0 Å². The molecule has 114 valence electrons. The second-order valence-electron chi connectivity index (χ2n) is 4.76. The Morgan fingerprint density at radius 1 is 1.24 bits per heavy atom. The van der Waals surface area contributed by atoms with Crippen LogP contribution in [0.2, 0.25) is 5.02 Å². The van der Waals surface area contributed by atoms with Gasteiger partial charge in [0.1, 0.15) is 16.4 Å². The second kappa shape index (κ2) is 5.71. The van der Waals surface area contributed by atoms with Crippen LogP contribution in [0.4, 0.5) is 5.69 Å². The summed E-state index contributed by atoms with van der Waals surface area (Å²) in [5.74, 6) is 0.816. The summed E-state index contributed by atoms with van der Waals surface area (Å²) in [6, 6.07) is 5.17. The summed E-state index contributed by atoms with van der Waals surface area (Å²) in [6.45, 7) is 5.15. The maximum absolute atomic E-state index is 12.6. The van der Waals surface area contributed by atoms with E-state index in [-0.39, 0.29) is 11.4 Å². The standard InChI is InChI=1S/C14H17ClN2O3S/c1-8-5-4-6-12(15)13(8)17-21(18,19)14-10(3)20-9(2)11(14)7-16/h4-6,17H,7,16H2,1-3H3. The Bertz CT molecular complexity index is 762. The van der Waals surface area contributed by atoms with E-state index in [1.807, 2.05) is 0 Å². The Balaban J connectivity index is 2.54. The number of halogens is 1. The van der Waals surface area contributed by atoms with E-state index in [4.69, 9.17) is 21.8 Å². The molecule has 0 aliphatic carbocycles. The highest BCUT2D eigenvalue weighted by Crippen LogP contribution is 2.31. The smallest absolute Gasteiger partial charge is 0.265 e. The van der Waals surface area contributed by atoms with Crippen molar-refractivity contribution in [1.82, 2.24) is 0 Å². The van der Waals surface area contributed by atoms with Crippen LogP contribution in [0.3, 0.4) is 0 Å². The Morgan fingerprint density at radius 2 is 1.90 bits per heavy atom. The molecule has 7 heteroatoms. The predicted octanol–water partition coefficient (Wildman–Crippen LogP) is 3.12. The minimum Gasteiger partial charge on any atom is -0.465 e. The van der Waals surface area contributed by atoms with E-state index in [1.54, 1.807) is 39.0 Å². The van der Waals surface area contributed by atoms with Gasteiger partial charge in [-0.1, -0.05) is 23.7 Å². The van der Waals surface area contributed by atoms with Crippen LogP contribution in [0.5, 0.6) is 0 Å². The van der Waals surface area contributed by atoms with Gasteiger partial charge in [-0.2, -0.15) is 0 Å². The summed E-state index contributed by atoms with van der Waals surface area (Å²) in [4.78, 5) is 0.0850. The lowest BCUT2D eigenvalue weighted by atomic mass is 10.2. The van der Waals surface area contributed by atoms with Crippen molar-refractivity contribution >= 4 is 27.3 Å². The Morgan fingerprint density at radius 3 is 2.48 bits per heavy atom. The number of hydrogen-bond acceptors (Lipinski definition) is 4. The largest absolute Gasteiger partial charge is 0.465 e. The first-order valence-corrected chi connectivity index (χ1v) is 8.21. The Hall–Kier alpha value is -1.50. The van der Waals surface area contributed by atoms with Gasteiger partial charge in [0.15, 0.2) is 0 Å². The van der Waals surface area contributed by atoms with Crippen molar-refractivity contribution in [2.24, 2.45) is 5.73 Å². The van der Waals surface area contributed by atoms with E-state index in [2.05, 4.69) is 4.72 Å². The average Bonchev–Trinajstić information content (AvgIpc) is 2.69. The van der Waals surface area contributed by atoms with E-state index in [0.29, 0.717) is 27.8 Å². The fourth-order valence-electron chi connectivity index (χ4n) is 2.24. The molecule has 0 aliphatic heterocycles. The fourth-order valence-corrected chi connectivity index (χ4v) is 4.18. The van der Waals surface area contributed by atoms with Crippen LogP contribution in [-0.2, 0) is 16.6 Å². The molecule has 21 heavy (non-hydrogen) atoms. The molecule has 0 spiro atoms. The van der Waals surface area contributed by atoms with Crippen molar-refractivity contribution in [2.45, 2.75) is 32.2 Å². The highest BCUT2D eigenvalue weighted by atomic mass is 35.5. The predicted molar refractivity (Wildman–Crippen MR) is 83.1 cm³/mol. The van der Waals surface area contributed by atoms with Gasteiger partial charge < -0.3 is 10.2 Å². The maximum Gasteiger partial charge on any atom is 0.265 e. The quantitative estimate of drug-likeness (QED) is 0.903. The monoisotopic (exact) mass is 328 g/mol. The fraction of sp³-hybridized carbons (Fsp3) is 0.286. The lowest BCUT2D eigenvalue weighted by molar-refractivity contribution is 0.494. The number of para-hydroxylation sites is 1. The number of rotatable bonds is 4. The Labute approximate surface area is 129 Å². The summed E-state index contributed by atoms with van der Waals surface area (Å²) >= 11 is 6.07. The number of aryl methyl sites for hydroxylation is 3. The van der Waals surface area contributed by atoms with Crippen molar-refractivity contribution in [3.05, 3.63) is 45.9 Å². The van der Waals surface area contributed by atoms with E-state index in [1.165, 1.54) is 0 Å². The lowest BCUT2D eigenvalue weighted by Crippen LogP contribution is -2.17. The van der Waals surface area contributed by atoms with Crippen LogP contribution in [-0.4, -0.2) is 8.42 Å². The van der Waals surface area contributed by atoms with Gasteiger partial charge in [0.2, 0.25) is 0 Å². The molecule has 5 nitrogen and oxygen atoms in total. The van der Waals surface area contributed by atoms with Gasteiger partial charge in [0, 0.05) is 12.1 Å². The molecule has 0 amide bonds. The third kappa shape index (κ3) is 2.92. The number of sulfonamides is 1. The number of furan rings is 1. The minimum atomic E-state index is -3.82. The number of hydrogen-bond donors (Lipinski definition) is 2. The summed E-state index contributed by atoms with van der Waals surface area (Å²) in [5, 5.41) is 0.339. The zero-order valence-electron chi connectivity index (χ0n) is 12.0. The molecule has 2 aromatic rings. The van der Waals surface area contributed by atoms with Crippen LogP contribution in [0.1, 0.15) is 22.6 Å². The molecule has 0 saturated carbocycles. The summed E-state index contributed by atoms with van der Waals surface area (Å²) in [6.07, 6.45) is 0. The third-order valence-corrected chi connectivity index (χ3v) is 5.12. The minimum absolute atomic E-state index is 0.0842. The van der Waals surface area contributed by atoms with Crippen LogP contribution < -0.4 is 10.5 Å². The topological polar surface area (TPSA) is 85.3 Å². The van der Waals surface area contributed by atoms with Gasteiger partial charge in [-0.25, -0.2) is 8.42 Å². The normalized spacial score (nSPS) is 11.7. The molecular weight excluding hydrogens is 312 g/mol. The van der Waals surface area contributed by atoms with Crippen molar-refractivity contribution < 1.29 is 12.8 Å². The molecular formula is C14H17ClN2O3S. The molecule has 2 rings (SSSR count). The molecule has 0 fully saturated rings. The highest BCUT2D eigenvalue weighted by Gasteiger charge is 2.27. The lowest BCUT2D eigenvalue weighted by Gasteiger charge is -2.12. The first kappa shape index (κ1) is 15.9. The number of benzene rings is 1. The molecule has 0 atom stereocenters. The van der Waals surface area contributed by atoms with E-state index >= 15 is 0 Å². The van der Waals surface area contributed by atoms with Gasteiger partial charge >= 0.3 is 0 Å². The van der Waals surface area contributed by atoms with Gasteiger partial charge in [-0.05, 0) is 32.4 Å². The van der Waals surface area contributed by atoms with E-state index in [9.17, 15) is 8.42 Å². The summed E-state index contributed by atoms with van der Waals surface area (Å²) in [7, 11) is -3.82. The number of nitrogens with two attached hydrogens (primary N) is 1. The van der Waals surface area contributed by atoms with Crippen molar-refractivity contribution in [3.63, 3.8) is 0 Å². The molecule has 0 bridgehead atoms. The third-order valence-electron chi connectivity index (χ3n) is 3.26. The first-order chi connectivity index (χ1) is 9.77. The molecule has 3 N–H and O–H groups in total. The molecule has 1 heterocycles. The zero-order chi connectivity index (χ0) is 15.8. The van der Waals surface area contributed by atoms with Crippen LogP contribution in [0.15, 0.2) is 27.5 Å². The molecule has 1 aromatic carbocycles. The maximum atomic E-state index is 12.6. The van der Waals surface area contributed by atoms with Crippen molar-refractivity contribution in [3.8, 4) is 0 Å². The average molecular weight is 329 g/mol. The van der Waals surface area contributed by atoms with E-state index in [0.717, 1.165) is 5.56 Å². The molecule has 0 aliphatic rings. The van der Waals surface area contributed by atoms with Gasteiger partial charge in [0.25, 0.3) is 10.0 Å². The second-order valence-corrected chi connectivity index (χ2v) is 6.79. The van der Waals surface area contributed by atoms with Crippen LogP contribution in [0, 0.1) is 20.8 Å². The zero-order valence-corrected chi connectivity index (χ0v) is 13.6. The summed E-state index contributed by atoms with van der Waals surface area (Å²) in [5.41, 5.74) is 7.21. The van der Waals surface area contributed by atoms with Crippen molar-refractivity contribution in [2.75, 3.05) is 4.72 Å². The molecule has 0 radical (unpaired) electrons. The highest BCUT2D eigenvalue weighted by molar-refractivity contribution is 7.92. The number of nitrogens with one attached hydrogen (secondary N) is 1. The number of anilines is 1. The van der Waals surface area contributed by atoms with Gasteiger partial charge in [-0.15, -0.1) is 0 Å². The van der Waals surface area contributed by atoms with Gasteiger partial charge in [-0.3, -0.25) is 4.72 Å². The SMILES string of the molecule is Cc1cccc(Cl)c1NS(=O)(=O)c1c(C)oc(C)c1CN. The summed E-state index contributed by atoms with van der Waals surface area (Å²) < 4.78 is 33.2. The first-order valence-electron chi connectivity index (χ1n) is 6.34.